The number of nitrogens with zero attached hydrogens (tertiary/aromatic N) is 1. The van der Waals surface area contributed by atoms with Crippen LogP contribution in [0, 0.1) is 12.3 Å². The molecule has 1 N–H and O–H groups in total. The van der Waals surface area contributed by atoms with Gasteiger partial charge in [0.2, 0.25) is 0 Å². The fourth-order valence-corrected chi connectivity index (χ4v) is 2.43. The van der Waals surface area contributed by atoms with E-state index in [2.05, 4.69) is 33.7 Å². The Morgan fingerprint density at radius 3 is 2.71 bits per heavy atom. The first-order valence-electron chi connectivity index (χ1n) is 5.76. The third kappa shape index (κ3) is 3.76. The average molecular weight is 296 g/mol. The monoisotopic (exact) mass is 295 g/mol. The Bertz CT molecular complexity index is 409. The molecule has 0 aliphatic heterocycles. The Morgan fingerprint density at radius 2 is 2.24 bits per heavy atom. The average Bonchev–Trinajstić information content (AvgIpc) is 2.28. The van der Waals surface area contributed by atoms with E-state index >= 15 is 0 Å². The molecule has 0 heterocycles. The van der Waals surface area contributed by atoms with E-state index in [0.717, 1.165) is 28.7 Å². The van der Waals surface area contributed by atoms with Crippen LogP contribution in [0.2, 0.25) is 0 Å². The van der Waals surface area contributed by atoms with Crippen molar-refractivity contribution < 1.29 is 5.11 Å². The maximum Gasteiger partial charge on any atom is 0.0791 e. The summed E-state index contributed by atoms with van der Waals surface area (Å²) in [6.07, 6.45) is 5.96. The first-order valence-corrected chi connectivity index (χ1v) is 6.55. The van der Waals surface area contributed by atoms with E-state index in [9.17, 15) is 5.11 Å². The van der Waals surface area contributed by atoms with Gasteiger partial charge in [0.1, 0.15) is 0 Å². The zero-order valence-corrected chi connectivity index (χ0v) is 11.9. The lowest BCUT2D eigenvalue weighted by Crippen LogP contribution is -2.24. The smallest absolute Gasteiger partial charge is 0.0791 e. The highest BCUT2D eigenvalue weighted by molar-refractivity contribution is 9.10. The van der Waals surface area contributed by atoms with E-state index in [1.54, 1.807) is 6.92 Å². The highest BCUT2D eigenvalue weighted by Gasteiger charge is 2.09. The van der Waals surface area contributed by atoms with Gasteiger partial charge in [0, 0.05) is 16.7 Å². The van der Waals surface area contributed by atoms with Crippen LogP contribution in [0.15, 0.2) is 22.7 Å². The molecule has 0 amide bonds. The molecule has 0 saturated carbocycles. The van der Waals surface area contributed by atoms with Gasteiger partial charge in [-0.3, -0.25) is 0 Å². The van der Waals surface area contributed by atoms with Crippen LogP contribution in [-0.4, -0.2) is 18.2 Å². The summed E-state index contributed by atoms with van der Waals surface area (Å²) in [5, 5.41) is 9.56. The molecule has 1 aromatic rings. The lowest BCUT2D eigenvalue weighted by atomic mass is 10.1. The molecule has 92 valence electrons. The van der Waals surface area contributed by atoms with Crippen LogP contribution in [-0.2, 0) is 0 Å². The molecule has 2 nitrogen and oxygen atoms in total. The number of hydrogen-bond donors (Lipinski definition) is 1. The SMILES string of the molecule is C#CCN(CCC)c1ccc([C@H](C)O)c(Br)c1. The molecule has 0 saturated heterocycles. The van der Waals surface area contributed by atoms with Gasteiger partial charge in [0.25, 0.3) is 0 Å². The second-order valence-electron chi connectivity index (χ2n) is 4.01. The van der Waals surface area contributed by atoms with Gasteiger partial charge in [0.05, 0.1) is 12.6 Å². The number of hydrogen-bond acceptors (Lipinski definition) is 2. The van der Waals surface area contributed by atoms with Crippen molar-refractivity contribution in [1.29, 1.82) is 0 Å². The molecule has 1 rings (SSSR count). The number of anilines is 1. The molecule has 0 radical (unpaired) electrons. The van der Waals surface area contributed by atoms with Gasteiger partial charge < -0.3 is 10.0 Å². The maximum absolute atomic E-state index is 9.56. The van der Waals surface area contributed by atoms with E-state index in [4.69, 9.17) is 6.42 Å². The van der Waals surface area contributed by atoms with Crippen molar-refractivity contribution in [3.63, 3.8) is 0 Å². The van der Waals surface area contributed by atoms with Crippen LogP contribution in [0.5, 0.6) is 0 Å². The number of halogens is 1. The second kappa shape index (κ2) is 6.68. The van der Waals surface area contributed by atoms with E-state index in [0.29, 0.717) is 6.54 Å². The van der Waals surface area contributed by atoms with Crippen molar-refractivity contribution in [2.75, 3.05) is 18.0 Å². The largest absolute Gasteiger partial charge is 0.389 e. The summed E-state index contributed by atoms with van der Waals surface area (Å²) in [7, 11) is 0. The van der Waals surface area contributed by atoms with Crippen LogP contribution in [0.4, 0.5) is 5.69 Å². The Balaban J connectivity index is 2.98. The molecule has 1 atom stereocenters. The number of benzene rings is 1. The van der Waals surface area contributed by atoms with Crippen LogP contribution in [0.3, 0.4) is 0 Å². The molecular formula is C14H18BrNO. The minimum atomic E-state index is -0.467. The Morgan fingerprint density at radius 1 is 1.53 bits per heavy atom. The van der Waals surface area contributed by atoms with Crippen LogP contribution in [0.25, 0.3) is 0 Å². The lowest BCUT2D eigenvalue weighted by molar-refractivity contribution is 0.198. The summed E-state index contributed by atoms with van der Waals surface area (Å²) < 4.78 is 0.920. The predicted octanol–water partition coefficient (Wildman–Crippen LogP) is 3.35. The molecule has 0 aliphatic rings. The van der Waals surface area contributed by atoms with E-state index in [-0.39, 0.29) is 0 Å². The highest BCUT2D eigenvalue weighted by Crippen LogP contribution is 2.28. The zero-order valence-electron chi connectivity index (χ0n) is 10.3. The minimum absolute atomic E-state index is 0.467. The van der Waals surface area contributed by atoms with E-state index in [1.807, 2.05) is 18.2 Å². The van der Waals surface area contributed by atoms with Crippen LogP contribution in [0.1, 0.15) is 31.9 Å². The lowest BCUT2D eigenvalue weighted by Gasteiger charge is -2.23. The summed E-state index contributed by atoms with van der Waals surface area (Å²) >= 11 is 3.48. The second-order valence-corrected chi connectivity index (χ2v) is 4.86. The van der Waals surface area contributed by atoms with Gasteiger partial charge in [-0.15, -0.1) is 6.42 Å². The summed E-state index contributed by atoms with van der Waals surface area (Å²) in [4.78, 5) is 2.15. The molecule has 0 spiro atoms. The number of rotatable bonds is 5. The number of aliphatic hydroxyl groups excluding tert-OH is 1. The van der Waals surface area contributed by atoms with Gasteiger partial charge in [-0.2, -0.15) is 0 Å². The Labute approximate surface area is 112 Å². The van der Waals surface area contributed by atoms with Gasteiger partial charge in [0.15, 0.2) is 0 Å². The van der Waals surface area contributed by atoms with Crippen molar-refractivity contribution >= 4 is 21.6 Å². The molecule has 3 heteroatoms. The first-order chi connectivity index (χ1) is 8.10. The zero-order chi connectivity index (χ0) is 12.8. The van der Waals surface area contributed by atoms with Gasteiger partial charge in [-0.1, -0.05) is 34.8 Å². The van der Waals surface area contributed by atoms with Crippen molar-refractivity contribution in [3.05, 3.63) is 28.2 Å². The molecular weight excluding hydrogens is 278 g/mol. The third-order valence-corrected chi connectivity index (χ3v) is 3.26. The van der Waals surface area contributed by atoms with Crippen LogP contribution >= 0.6 is 15.9 Å². The highest BCUT2D eigenvalue weighted by atomic mass is 79.9. The minimum Gasteiger partial charge on any atom is -0.389 e. The first kappa shape index (κ1) is 14.1. The topological polar surface area (TPSA) is 23.5 Å². The Hall–Kier alpha value is -0.980. The fraction of sp³-hybridized carbons (Fsp3) is 0.429. The summed E-state index contributed by atoms with van der Waals surface area (Å²) in [5.74, 6) is 2.67. The van der Waals surface area contributed by atoms with Crippen molar-refractivity contribution in [2.24, 2.45) is 0 Å². The summed E-state index contributed by atoms with van der Waals surface area (Å²) in [5.41, 5.74) is 1.98. The predicted molar refractivity (Wildman–Crippen MR) is 76.1 cm³/mol. The Kier molecular flexibility index (Phi) is 5.54. The van der Waals surface area contributed by atoms with Crippen LogP contribution < -0.4 is 4.90 Å². The molecule has 17 heavy (non-hydrogen) atoms. The van der Waals surface area contributed by atoms with E-state index in [1.165, 1.54) is 0 Å². The number of terminal acetylenes is 1. The summed E-state index contributed by atoms with van der Waals surface area (Å²) in [6, 6.07) is 5.94. The molecule has 0 aromatic heterocycles. The van der Waals surface area contributed by atoms with Crippen molar-refractivity contribution in [3.8, 4) is 12.3 Å². The standard InChI is InChI=1S/C14H18BrNO/c1-4-8-16(9-5-2)12-6-7-13(11(3)17)14(15)10-12/h1,6-7,10-11,17H,5,8-9H2,2-3H3/t11-/m0/s1. The number of aliphatic hydroxyl groups is 1. The van der Waals surface area contributed by atoms with Gasteiger partial charge in [-0.05, 0) is 31.0 Å². The molecule has 0 bridgehead atoms. The molecule has 0 unspecified atom stereocenters. The maximum atomic E-state index is 9.56. The quantitative estimate of drug-likeness (QED) is 0.842. The molecule has 0 aliphatic carbocycles. The molecule has 0 fully saturated rings. The van der Waals surface area contributed by atoms with Gasteiger partial charge >= 0.3 is 0 Å². The summed E-state index contributed by atoms with van der Waals surface area (Å²) in [6.45, 7) is 5.42. The molecule has 1 aromatic carbocycles. The van der Waals surface area contributed by atoms with Crippen molar-refractivity contribution in [1.82, 2.24) is 0 Å². The van der Waals surface area contributed by atoms with Crippen molar-refractivity contribution in [2.45, 2.75) is 26.4 Å². The third-order valence-electron chi connectivity index (χ3n) is 2.57. The normalized spacial score (nSPS) is 11.9. The van der Waals surface area contributed by atoms with E-state index < -0.39 is 6.10 Å². The van der Waals surface area contributed by atoms with Gasteiger partial charge in [-0.25, -0.2) is 0 Å². The fourth-order valence-electron chi connectivity index (χ4n) is 1.73.